The van der Waals surface area contributed by atoms with Crippen LogP contribution in [-0.2, 0) is 23.7 Å². The van der Waals surface area contributed by atoms with Crippen molar-refractivity contribution in [3.8, 4) is 17.2 Å². The normalized spacial score (nSPS) is 30.0. The number of carboxylic acid groups (broad SMARTS) is 1. The first-order valence-corrected chi connectivity index (χ1v) is 29.8. The van der Waals surface area contributed by atoms with Crippen LogP contribution in [0.5, 0.6) is 17.2 Å². The number of aliphatic hydroxyl groups is 2. The summed E-state index contributed by atoms with van der Waals surface area (Å²) in [6, 6.07) is 0.943. The molecule has 1 aromatic heterocycles. The number of ketones is 3. The van der Waals surface area contributed by atoms with E-state index in [1.54, 1.807) is 54.2 Å². The summed E-state index contributed by atoms with van der Waals surface area (Å²) in [5.41, 5.74) is -2.37. The molecule has 6 N–H and O–H groups in total. The Morgan fingerprint density at radius 3 is 2.18 bits per heavy atom. The van der Waals surface area contributed by atoms with Crippen LogP contribution in [0, 0.1) is 36.4 Å². The number of aliphatic hydroxyl groups excluding tert-OH is 2. The molecule has 468 valence electrons. The monoisotopic (exact) mass is 1210 g/mol. The molecular weight excluding hydrogens is 1130 g/mol. The summed E-state index contributed by atoms with van der Waals surface area (Å²) in [6.45, 7) is 13.3. The molecule has 87 heavy (non-hydrogen) atoms. The smallest absolute Gasteiger partial charge is 0.410 e. The number of methoxy groups -OCH3 is 2. The predicted octanol–water partition coefficient (Wildman–Crippen LogP) is 5.69. The number of carbonyl (C=O) groups excluding carboxylic acids is 5. The number of rotatable bonds is 9. The number of carboxylic acids is 1. The molecule has 4 fully saturated rings. The van der Waals surface area contributed by atoms with Gasteiger partial charge in [0.15, 0.2) is 11.6 Å². The lowest BCUT2D eigenvalue weighted by Crippen LogP contribution is -2.51. The van der Waals surface area contributed by atoms with Gasteiger partial charge in [0.1, 0.15) is 40.2 Å². The molecule has 3 aromatic rings. The van der Waals surface area contributed by atoms with Gasteiger partial charge in [0.2, 0.25) is 17.0 Å². The zero-order chi connectivity index (χ0) is 62.7. The largest absolute Gasteiger partial charge is 0.507 e. The minimum absolute atomic E-state index is 0.0315. The van der Waals surface area contributed by atoms with Crippen LogP contribution in [0.3, 0.4) is 0 Å². The number of carbonyl (C=O) groups is 6. The highest BCUT2D eigenvalue weighted by Crippen LogP contribution is 2.50. The Bertz CT molecular complexity index is 3490. The maximum Gasteiger partial charge on any atom is 0.410 e. The SMILES string of the molecule is COc1c(N2CCC(NC3CCN(C(=O)O[C@@H]4[C@H](C)[C@@H](O)[C@H](C)[C@@H](O)[C@H](C)/C=C/C=C(/C)C(=O)NC5=C(N6CCOCC6)C(=O)c6c(c(O)c(C)c7c6C(=O)[C@@](C)(O/C=C/[C@H](OC)[C@H]4C)O7)C5=O)CC3)C2)c(F)cc2c(=O)c(C(=O)O)cn(C3CC3)c12. The first kappa shape index (κ1) is 62.4. The number of amides is 2. The predicted molar refractivity (Wildman–Crippen MR) is 314 cm³/mol. The van der Waals surface area contributed by atoms with E-state index in [1.807, 2.05) is 4.90 Å². The third kappa shape index (κ3) is 11.6. The fourth-order valence-corrected chi connectivity index (χ4v) is 13.1. The molecule has 2 amide bonds. The number of piperidine rings is 1. The Morgan fingerprint density at radius 2 is 1.53 bits per heavy atom. The molecule has 2 aliphatic carbocycles. The minimum Gasteiger partial charge on any atom is -0.507 e. The zero-order valence-electron chi connectivity index (χ0n) is 50.3. The van der Waals surface area contributed by atoms with E-state index < -0.39 is 129 Å². The molecule has 7 heterocycles. The number of aromatic nitrogens is 1. The number of phenols is 1. The van der Waals surface area contributed by atoms with Crippen molar-refractivity contribution in [2.75, 3.05) is 71.6 Å². The number of nitrogens with zero attached hydrogens (tertiary/aromatic N) is 4. The molecule has 11 rings (SSSR count). The molecule has 24 heteroatoms. The number of allylic oxidation sites excluding steroid dienone is 4. The van der Waals surface area contributed by atoms with Crippen LogP contribution in [0.15, 0.2) is 64.6 Å². The Kier molecular flexibility index (Phi) is 17.8. The van der Waals surface area contributed by atoms with Crippen LogP contribution in [0.1, 0.15) is 127 Å². The van der Waals surface area contributed by atoms with Crippen LogP contribution in [-0.4, -0.2) is 179 Å². The molecule has 1 saturated carbocycles. The van der Waals surface area contributed by atoms with Crippen molar-refractivity contribution in [1.82, 2.24) is 25.0 Å². The Hall–Kier alpha value is -7.64. The molecule has 1 unspecified atom stereocenters. The number of pyridine rings is 1. The van der Waals surface area contributed by atoms with Gasteiger partial charge in [0, 0.05) is 112 Å². The average Bonchev–Trinajstić information content (AvgIpc) is 1.70. The molecular formula is C63H77FN6O17. The molecule has 8 aliphatic rings. The lowest BCUT2D eigenvalue weighted by atomic mass is 9.78. The number of aromatic carboxylic acids is 1. The van der Waals surface area contributed by atoms with Gasteiger partial charge in [-0.15, -0.1) is 0 Å². The summed E-state index contributed by atoms with van der Waals surface area (Å²) in [4.78, 5) is 103. The van der Waals surface area contributed by atoms with Crippen molar-refractivity contribution >= 4 is 51.9 Å². The lowest BCUT2D eigenvalue weighted by molar-refractivity contribution is -0.116. The van der Waals surface area contributed by atoms with Crippen molar-refractivity contribution < 1.29 is 82.0 Å². The summed E-state index contributed by atoms with van der Waals surface area (Å²) >= 11 is 0. The van der Waals surface area contributed by atoms with Gasteiger partial charge in [-0.3, -0.25) is 24.0 Å². The number of benzene rings is 2. The van der Waals surface area contributed by atoms with Crippen molar-refractivity contribution in [2.24, 2.45) is 23.7 Å². The van der Waals surface area contributed by atoms with Crippen LogP contribution >= 0.6 is 0 Å². The van der Waals surface area contributed by atoms with Gasteiger partial charge in [-0.05, 0) is 58.1 Å². The van der Waals surface area contributed by atoms with E-state index in [4.69, 9.17) is 28.4 Å². The molecule has 0 radical (unpaired) electrons. The van der Waals surface area contributed by atoms with E-state index >= 15 is 4.39 Å². The van der Waals surface area contributed by atoms with Crippen molar-refractivity contribution in [3.63, 3.8) is 0 Å². The summed E-state index contributed by atoms with van der Waals surface area (Å²) < 4.78 is 54.0. The van der Waals surface area contributed by atoms with Gasteiger partial charge in [-0.1, -0.05) is 45.9 Å². The van der Waals surface area contributed by atoms with Crippen molar-refractivity contribution in [1.29, 1.82) is 0 Å². The number of phenolic OH excluding ortho intramolecular Hbond substituents is 1. The second-order valence-corrected chi connectivity index (χ2v) is 24.2. The second-order valence-electron chi connectivity index (χ2n) is 24.2. The molecule has 6 aliphatic heterocycles. The number of hydrogen-bond donors (Lipinski definition) is 6. The highest BCUT2D eigenvalue weighted by atomic mass is 19.1. The third-order valence-corrected chi connectivity index (χ3v) is 18.5. The van der Waals surface area contributed by atoms with Gasteiger partial charge < -0.3 is 78.7 Å². The Labute approximate surface area is 502 Å². The van der Waals surface area contributed by atoms with Gasteiger partial charge in [0.25, 0.3) is 11.7 Å². The highest BCUT2D eigenvalue weighted by molar-refractivity contribution is 6.32. The number of anilines is 1. The van der Waals surface area contributed by atoms with Crippen molar-refractivity contribution in [3.05, 3.63) is 104 Å². The molecule has 0 spiro atoms. The van der Waals surface area contributed by atoms with Crippen LogP contribution in [0.25, 0.3) is 10.9 Å². The minimum atomic E-state index is -2.16. The quantitative estimate of drug-likeness (QED) is 0.150. The number of likely N-dealkylation sites (tertiary alicyclic amines) is 1. The van der Waals surface area contributed by atoms with Gasteiger partial charge in [-0.2, -0.15) is 0 Å². The topological polar surface area (TPSA) is 294 Å². The highest BCUT2D eigenvalue weighted by Gasteiger charge is 2.53. The van der Waals surface area contributed by atoms with Gasteiger partial charge in [0.05, 0.1) is 72.5 Å². The van der Waals surface area contributed by atoms with Gasteiger partial charge in [-0.25, -0.2) is 14.0 Å². The maximum atomic E-state index is 16.2. The first-order chi connectivity index (χ1) is 41.4. The van der Waals surface area contributed by atoms with E-state index in [0.29, 0.717) is 51.0 Å². The maximum absolute atomic E-state index is 16.2. The second kappa shape index (κ2) is 24.9. The van der Waals surface area contributed by atoms with Crippen LogP contribution in [0.4, 0.5) is 14.9 Å². The Morgan fingerprint density at radius 1 is 0.839 bits per heavy atom. The number of morpholine rings is 1. The van der Waals surface area contributed by atoms with E-state index in [0.717, 1.165) is 18.9 Å². The van der Waals surface area contributed by atoms with E-state index in [-0.39, 0.29) is 89.4 Å². The van der Waals surface area contributed by atoms with E-state index in [9.17, 15) is 54.0 Å². The molecule has 3 saturated heterocycles. The Balaban J connectivity index is 0.878. The zero-order valence-corrected chi connectivity index (χ0v) is 50.3. The molecule has 5 bridgehead atoms. The number of hydrogen-bond acceptors (Lipinski definition) is 19. The summed E-state index contributed by atoms with van der Waals surface area (Å²) in [6.07, 6.45) is 6.84. The van der Waals surface area contributed by atoms with Crippen LogP contribution < -0.4 is 30.4 Å². The van der Waals surface area contributed by atoms with E-state index in [1.165, 1.54) is 59.6 Å². The fraction of sp³-hybridized carbons (Fsp3) is 0.540. The lowest BCUT2D eigenvalue weighted by Gasteiger charge is -2.40. The molecule has 23 nitrogen and oxygen atoms in total. The van der Waals surface area contributed by atoms with Crippen molar-refractivity contribution in [2.45, 2.75) is 129 Å². The summed E-state index contributed by atoms with van der Waals surface area (Å²) in [5, 5.41) is 51.7. The fourth-order valence-electron chi connectivity index (χ4n) is 13.1. The number of ether oxygens (including phenoxy) is 6. The summed E-state index contributed by atoms with van der Waals surface area (Å²) in [7, 11) is 2.83. The first-order valence-electron chi connectivity index (χ1n) is 29.8. The number of Topliss-reactive ketones (excluding diaryl/α,β-unsaturated/α-hetero) is 3. The molecule has 10 atom stereocenters. The van der Waals surface area contributed by atoms with Gasteiger partial charge >= 0.3 is 17.8 Å². The third-order valence-electron chi connectivity index (χ3n) is 18.5. The van der Waals surface area contributed by atoms with E-state index in [2.05, 4.69) is 10.6 Å². The number of fused-ring (bicyclic) bond motifs is 15. The molecule has 2 aromatic carbocycles. The summed E-state index contributed by atoms with van der Waals surface area (Å²) in [5.74, 6) is -11.2. The average molecular weight is 1210 g/mol. The number of nitrogens with one attached hydrogen (secondary N) is 2. The standard InChI is InChI=1S/C63H77FN6O17/c1-30-11-10-12-31(2)60(78)66-46-49(67-22-25-84-26-23-67)55(76)43-44(54(46)75)52(73)35(6)57-45(43)59(77)63(7,87-57)85-24-18-42(82-8)32(3)56(34(5)51(72)33(4)50(30)71)86-62(81)68-19-15-36(16-20-68)65-37-17-21-69(28-37)48-41(64)27-39-47(58(48)83-9)70(38-13-14-38)29-40(53(39)74)61(79)80/h10-12,18,24,27,29-30,32-34,36-38,42,50-51,56,65,71-73H,13-17,19-23,25-26,28H2,1-9H3,(H,66,78)(H,79,80)/b11-10+,24-18+,31-12-/t30-,32-,33-,34-,37?,42+,50+,51+,56+,63+/m1/s1. The number of aromatic hydroxyl groups is 1. The number of halogens is 1. The van der Waals surface area contributed by atoms with Crippen LogP contribution in [0.2, 0.25) is 0 Å².